The van der Waals surface area contributed by atoms with Crippen LogP contribution >= 0.6 is 0 Å². The highest BCUT2D eigenvalue weighted by Gasteiger charge is 2.25. The Morgan fingerprint density at radius 1 is 0.750 bits per heavy atom. The highest BCUT2D eigenvalue weighted by atomic mass is 15.0. The summed E-state index contributed by atoms with van der Waals surface area (Å²) in [6, 6.07) is 25.2. The summed E-state index contributed by atoms with van der Waals surface area (Å²) in [6.45, 7) is 6.79. The third-order valence-electron chi connectivity index (χ3n) is 7.41. The van der Waals surface area contributed by atoms with Crippen LogP contribution in [0.15, 0.2) is 72.9 Å². The van der Waals surface area contributed by atoms with Crippen LogP contribution in [0.25, 0.3) is 59.8 Å². The molecule has 0 unspecified atom stereocenters. The minimum atomic E-state index is 0.512. The maximum Gasteiger partial charge on any atom is 0.224 e. The number of rotatable bonds is 1. The Bertz CT molecular complexity index is 1870. The van der Waals surface area contributed by atoms with E-state index in [0.29, 0.717) is 5.92 Å². The molecule has 0 amide bonds. The van der Waals surface area contributed by atoms with Crippen molar-refractivity contribution in [1.82, 2.24) is 4.40 Å². The summed E-state index contributed by atoms with van der Waals surface area (Å²) in [4.78, 5) is 0. The molecular formula is C30H25N2+. The van der Waals surface area contributed by atoms with Crippen LogP contribution in [0, 0.1) is 6.92 Å². The standard InChI is InChI=1S/C30H25N2/c1-17(2)19-10-12-22-21(15-19)16-20-13-14-31(4)30-26-18(3)9-11-24-23-7-5-6-8-25(23)32(29(24)26)28(22)27(20)30/h5-17H,1-4H3/q+1. The summed E-state index contributed by atoms with van der Waals surface area (Å²) < 4.78 is 4.85. The number of aromatic nitrogens is 2. The number of nitrogens with zero attached hydrogens (tertiary/aromatic N) is 2. The fourth-order valence-corrected chi connectivity index (χ4v) is 5.83. The number of benzene rings is 4. The molecule has 0 radical (unpaired) electrons. The minimum absolute atomic E-state index is 0.512. The van der Waals surface area contributed by atoms with Gasteiger partial charge < -0.3 is 4.40 Å². The molecule has 2 nitrogen and oxygen atoms in total. The van der Waals surface area contributed by atoms with Crippen LogP contribution in [0.3, 0.4) is 0 Å². The molecule has 0 fully saturated rings. The third-order valence-corrected chi connectivity index (χ3v) is 7.41. The van der Waals surface area contributed by atoms with E-state index in [-0.39, 0.29) is 0 Å². The second-order valence-electron chi connectivity index (χ2n) is 9.61. The molecule has 3 heterocycles. The van der Waals surface area contributed by atoms with Gasteiger partial charge in [-0.2, -0.15) is 0 Å². The van der Waals surface area contributed by atoms with E-state index in [1.54, 1.807) is 0 Å². The molecule has 7 rings (SSSR count). The van der Waals surface area contributed by atoms with Crippen molar-refractivity contribution in [2.75, 3.05) is 0 Å². The number of hydrogen-bond acceptors (Lipinski definition) is 0. The maximum absolute atomic E-state index is 2.54. The first-order valence-corrected chi connectivity index (χ1v) is 11.5. The largest absolute Gasteiger partial charge is 0.307 e. The van der Waals surface area contributed by atoms with Crippen LogP contribution in [0.4, 0.5) is 0 Å². The van der Waals surface area contributed by atoms with Crippen LogP contribution in [-0.2, 0) is 7.05 Å². The van der Waals surface area contributed by atoms with Crippen LogP contribution in [-0.4, -0.2) is 4.40 Å². The van der Waals surface area contributed by atoms with Gasteiger partial charge in [-0.15, -0.1) is 0 Å². The smallest absolute Gasteiger partial charge is 0.224 e. The van der Waals surface area contributed by atoms with E-state index in [1.165, 1.54) is 70.9 Å². The molecule has 2 heteroatoms. The van der Waals surface area contributed by atoms with E-state index in [9.17, 15) is 0 Å². The van der Waals surface area contributed by atoms with Crippen molar-refractivity contribution < 1.29 is 4.57 Å². The Kier molecular flexibility index (Phi) is 3.36. The van der Waals surface area contributed by atoms with E-state index in [0.717, 1.165) is 0 Å². The van der Waals surface area contributed by atoms with E-state index < -0.39 is 0 Å². The van der Waals surface area contributed by atoms with Gasteiger partial charge in [0.2, 0.25) is 5.52 Å². The summed E-state index contributed by atoms with van der Waals surface area (Å²) in [6.07, 6.45) is 2.22. The van der Waals surface area contributed by atoms with Crippen LogP contribution in [0.2, 0.25) is 0 Å². The molecule has 154 valence electrons. The molecule has 0 aliphatic rings. The zero-order chi connectivity index (χ0) is 21.7. The van der Waals surface area contributed by atoms with Gasteiger partial charge in [0.25, 0.3) is 0 Å². The minimum Gasteiger partial charge on any atom is -0.307 e. The van der Waals surface area contributed by atoms with Gasteiger partial charge in [-0.05, 0) is 46.9 Å². The van der Waals surface area contributed by atoms with Gasteiger partial charge in [0.1, 0.15) is 7.05 Å². The number of hydrogen-bond donors (Lipinski definition) is 0. The zero-order valence-electron chi connectivity index (χ0n) is 18.9. The highest BCUT2D eigenvalue weighted by molar-refractivity contribution is 6.29. The topological polar surface area (TPSA) is 8.29 Å². The Morgan fingerprint density at radius 3 is 2.38 bits per heavy atom. The number of fused-ring (bicyclic) bond motifs is 7. The quantitative estimate of drug-likeness (QED) is 0.151. The van der Waals surface area contributed by atoms with Crippen molar-refractivity contribution in [3.63, 3.8) is 0 Å². The lowest BCUT2D eigenvalue weighted by molar-refractivity contribution is -0.643. The second-order valence-corrected chi connectivity index (χ2v) is 9.61. The fraction of sp³-hybridized carbons (Fsp3) is 0.167. The number of pyridine rings is 2. The monoisotopic (exact) mass is 413 g/mol. The molecule has 3 aromatic heterocycles. The fourth-order valence-electron chi connectivity index (χ4n) is 5.83. The maximum atomic E-state index is 2.54. The predicted molar refractivity (Wildman–Crippen MR) is 136 cm³/mol. The Labute approximate surface area is 186 Å². The Balaban J connectivity index is 1.93. The first kappa shape index (κ1) is 18.0. The van der Waals surface area contributed by atoms with Gasteiger partial charge in [-0.25, -0.2) is 4.57 Å². The molecular weight excluding hydrogens is 388 g/mol. The van der Waals surface area contributed by atoms with Crippen molar-refractivity contribution in [3.05, 3.63) is 84.1 Å². The van der Waals surface area contributed by atoms with Crippen molar-refractivity contribution in [2.24, 2.45) is 7.05 Å². The van der Waals surface area contributed by atoms with Gasteiger partial charge in [0.05, 0.1) is 27.3 Å². The normalized spacial score (nSPS) is 12.7. The van der Waals surface area contributed by atoms with E-state index in [4.69, 9.17) is 0 Å². The molecule has 32 heavy (non-hydrogen) atoms. The average molecular weight is 414 g/mol. The van der Waals surface area contributed by atoms with Crippen LogP contribution in [0.5, 0.6) is 0 Å². The summed E-state index contributed by atoms with van der Waals surface area (Å²) in [5.41, 5.74) is 7.98. The third kappa shape index (κ3) is 2.07. The molecule has 0 spiro atoms. The van der Waals surface area contributed by atoms with Gasteiger partial charge in [0.15, 0.2) is 6.20 Å². The van der Waals surface area contributed by atoms with Crippen LogP contribution in [0.1, 0.15) is 30.9 Å². The molecule has 0 saturated carbocycles. The highest BCUT2D eigenvalue weighted by Crippen LogP contribution is 2.43. The van der Waals surface area contributed by atoms with Crippen molar-refractivity contribution in [1.29, 1.82) is 0 Å². The van der Waals surface area contributed by atoms with Gasteiger partial charge in [0, 0.05) is 22.2 Å². The first-order valence-electron chi connectivity index (χ1n) is 11.5. The van der Waals surface area contributed by atoms with E-state index >= 15 is 0 Å². The van der Waals surface area contributed by atoms with Crippen molar-refractivity contribution in [3.8, 4) is 0 Å². The van der Waals surface area contributed by atoms with E-state index in [1.807, 2.05) is 0 Å². The zero-order valence-corrected chi connectivity index (χ0v) is 18.9. The molecule has 4 aromatic carbocycles. The molecule has 0 bridgehead atoms. The van der Waals surface area contributed by atoms with Gasteiger partial charge in [-0.1, -0.05) is 62.4 Å². The van der Waals surface area contributed by atoms with Gasteiger partial charge in [-0.3, -0.25) is 0 Å². The summed E-state index contributed by atoms with van der Waals surface area (Å²) in [5.74, 6) is 0.512. The molecule has 0 aliphatic carbocycles. The summed E-state index contributed by atoms with van der Waals surface area (Å²) in [5, 5.41) is 9.32. The second kappa shape index (κ2) is 5.98. The molecule has 7 aromatic rings. The average Bonchev–Trinajstić information content (AvgIpc) is 3.13. The van der Waals surface area contributed by atoms with Gasteiger partial charge >= 0.3 is 0 Å². The molecule has 0 saturated heterocycles. The lowest BCUT2D eigenvalue weighted by atomic mass is 9.94. The number of aryl methyl sites for hydroxylation is 2. The molecule has 0 atom stereocenters. The Morgan fingerprint density at radius 2 is 1.53 bits per heavy atom. The lowest BCUT2D eigenvalue weighted by Gasteiger charge is -2.16. The summed E-state index contributed by atoms with van der Waals surface area (Å²) >= 11 is 0. The molecule has 0 aliphatic heterocycles. The van der Waals surface area contributed by atoms with E-state index in [2.05, 4.69) is 110 Å². The predicted octanol–water partition coefficient (Wildman–Crippen LogP) is 7.40. The SMILES string of the molecule is Cc1ccc2c3ccccc3n3c2c1c1c2c(cc[n+]1C)cc1cc(C(C)C)ccc1c23. The van der Waals surface area contributed by atoms with Crippen molar-refractivity contribution >= 4 is 59.8 Å². The molecule has 0 N–H and O–H groups in total. The van der Waals surface area contributed by atoms with Crippen molar-refractivity contribution in [2.45, 2.75) is 26.7 Å². The summed E-state index contributed by atoms with van der Waals surface area (Å²) in [7, 11) is 2.18. The van der Waals surface area contributed by atoms with Crippen LogP contribution < -0.4 is 4.57 Å². The number of para-hydroxylation sites is 1. The lowest BCUT2D eigenvalue weighted by Crippen LogP contribution is -2.28. The Hall–Kier alpha value is -3.65. The first-order chi connectivity index (χ1) is 15.5.